The van der Waals surface area contributed by atoms with Crippen molar-refractivity contribution in [2.24, 2.45) is 0 Å². The van der Waals surface area contributed by atoms with Crippen LogP contribution in [-0.4, -0.2) is 17.3 Å². The van der Waals surface area contributed by atoms with Crippen molar-refractivity contribution in [3.8, 4) is 17.6 Å². The van der Waals surface area contributed by atoms with Gasteiger partial charge in [-0.1, -0.05) is 12.8 Å². The van der Waals surface area contributed by atoms with E-state index in [1.54, 1.807) is 7.11 Å². The van der Waals surface area contributed by atoms with Gasteiger partial charge in [-0.2, -0.15) is 5.10 Å². The van der Waals surface area contributed by atoms with E-state index in [1.165, 1.54) is 0 Å². The van der Waals surface area contributed by atoms with E-state index in [-0.39, 0.29) is 0 Å². The lowest BCUT2D eigenvalue weighted by Crippen LogP contribution is -1.92. The summed E-state index contributed by atoms with van der Waals surface area (Å²) >= 11 is 0. The fraction of sp³-hybridized carbons (Fsp3) is 0.200. The highest BCUT2D eigenvalue weighted by Gasteiger charge is 1.93. The van der Waals surface area contributed by atoms with Gasteiger partial charge in [0.2, 0.25) is 0 Å². The number of aryl methyl sites for hydroxylation is 1. The average molecular weight is 238 g/mol. The SMILES string of the molecule is CCc1ccc(C#Cc2ccc(OC)cc2)nn1. The zero-order chi connectivity index (χ0) is 12.8. The molecule has 3 nitrogen and oxygen atoms in total. The molecule has 0 aliphatic rings. The third-order valence-electron chi connectivity index (χ3n) is 2.51. The number of benzene rings is 1. The molecular formula is C15H14N2O. The summed E-state index contributed by atoms with van der Waals surface area (Å²) in [6.07, 6.45) is 0.888. The smallest absolute Gasteiger partial charge is 0.136 e. The highest BCUT2D eigenvalue weighted by atomic mass is 16.5. The topological polar surface area (TPSA) is 35.0 Å². The monoisotopic (exact) mass is 238 g/mol. The maximum Gasteiger partial charge on any atom is 0.136 e. The van der Waals surface area contributed by atoms with E-state index in [9.17, 15) is 0 Å². The largest absolute Gasteiger partial charge is 0.497 e. The Hall–Kier alpha value is -2.34. The van der Waals surface area contributed by atoms with Crippen molar-refractivity contribution in [3.63, 3.8) is 0 Å². The molecule has 1 heterocycles. The quantitative estimate of drug-likeness (QED) is 0.754. The van der Waals surface area contributed by atoms with Crippen molar-refractivity contribution < 1.29 is 4.74 Å². The van der Waals surface area contributed by atoms with Gasteiger partial charge in [0.05, 0.1) is 12.8 Å². The fourth-order valence-electron chi connectivity index (χ4n) is 1.43. The lowest BCUT2D eigenvalue weighted by molar-refractivity contribution is 0.415. The first-order chi connectivity index (χ1) is 8.81. The molecule has 0 radical (unpaired) electrons. The Morgan fingerprint density at radius 3 is 2.33 bits per heavy atom. The first-order valence-corrected chi connectivity index (χ1v) is 5.80. The van der Waals surface area contributed by atoms with Crippen molar-refractivity contribution in [1.82, 2.24) is 10.2 Å². The van der Waals surface area contributed by atoms with E-state index in [1.807, 2.05) is 43.3 Å². The third-order valence-corrected chi connectivity index (χ3v) is 2.51. The molecule has 2 rings (SSSR count). The summed E-state index contributed by atoms with van der Waals surface area (Å²) in [5.74, 6) is 6.85. The van der Waals surface area contributed by atoms with Gasteiger partial charge in [-0.05, 0) is 48.7 Å². The highest BCUT2D eigenvalue weighted by molar-refractivity contribution is 5.42. The minimum Gasteiger partial charge on any atom is -0.497 e. The Morgan fingerprint density at radius 1 is 1.00 bits per heavy atom. The van der Waals surface area contributed by atoms with Crippen LogP contribution >= 0.6 is 0 Å². The van der Waals surface area contributed by atoms with Crippen molar-refractivity contribution in [3.05, 3.63) is 53.3 Å². The maximum atomic E-state index is 5.09. The normalized spacial score (nSPS) is 9.44. The zero-order valence-electron chi connectivity index (χ0n) is 10.5. The number of rotatable bonds is 2. The molecule has 0 saturated carbocycles. The molecule has 1 aromatic carbocycles. The second-order valence-corrected chi connectivity index (χ2v) is 3.74. The molecule has 0 unspecified atom stereocenters. The molecule has 0 N–H and O–H groups in total. The van der Waals surface area contributed by atoms with Crippen LogP contribution in [0.2, 0.25) is 0 Å². The van der Waals surface area contributed by atoms with E-state index in [4.69, 9.17) is 4.74 Å². The first-order valence-electron chi connectivity index (χ1n) is 5.80. The van der Waals surface area contributed by atoms with Gasteiger partial charge in [0.15, 0.2) is 0 Å². The fourth-order valence-corrected chi connectivity index (χ4v) is 1.43. The van der Waals surface area contributed by atoms with Crippen molar-refractivity contribution in [1.29, 1.82) is 0 Å². The van der Waals surface area contributed by atoms with Crippen molar-refractivity contribution in [2.75, 3.05) is 7.11 Å². The van der Waals surface area contributed by atoms with Crippen LogP contribution in [0, 0.1) is 11.8 Å². The molecule has 3 heteroatoms. The van der Waals surface area contributed by atoms with Gasteiger partial charge in [-0.25, -0.2) is 0 Å². The second kappa shape index (κ2) is 5.83. The van der Waals surface area contributed by atoms with Crippen molar-refractivity contribution >= 4 is 0 Å². The molecule has 0 aliphatic heterocycles. The average Bonchev–Trinajstić information content (AvgIpc) is 2.46. The number of hydrogen-bond donors (Lipinski definition) is 0. The predicted molar refractivity (Wildman–Crippen MR) is 70.4 cm³/mol. The summed E-state index contributed by atoms with van der Waals surface area (Å²) in [5.41, 5.74) is 2.59. The molecule has 0 aliphatic carbocycles. The molecular weight excluding hydrogens is 224 g/mol. The number of hydrogen-bond acceptors (Lipinski definition) is 3. The Morgan fingerprint density at radius 2 is 1.78 bits per heavy atom. The van der Waals surface area contributed by atoms with Gasteiger partial charge in [-0.15, -0.1) is 5.10 Å². The lowest BCUT2D eigenvalue weighted by Gasteiger charge is -1.97. The molecule has 0 bridgehead atoms. The number of nitrogens with zero attached hydrogens (tertiary/aromatic N) is 2. The predicted octanol–water partition coefficient (Wildman–Crippen LogP) is 2.45. The Balaban J connectivity index is 2.14. The third kappa shape index (κ3) is 3.08. The molecule has 1 aromatic heterocycles. The van der Waals surface area contributed by atoms with Gasteiger partial charge >= 0.3 is 0 Å². The molecule has 0 saturated heterocycles. The summed E-state index contributed by atoms with van der Waals surface area (Å²) < 4.78 is 5.09. The molecule has 2 aromatic rings. The Kier molecular flexibility index (Phi) is 3.93. The summed E-state index contributed by atoms with van der Waals surface area (Å²) in [7, 11) is 1.64. The maximum absolute atomic E-state index is 5.09. The number of aromatic nitrogens is 2. The molecule has 0 amide bonds. The van der Waals surface area contributed by atoms with Gasteiger partial charge in [0.25, 0.3) is 0 Å². The lowest BCUT2D eigenvalue weighted by atomic mass is 10.2. The van der Waals surface area contributed by atoms with Gasteiger partial charge in [-0.3, -0.25) is 0 Å². The second-order valence-electron chi connectivity index (χ2n) is 3.74. The van der Waals surface area contributed by atoms with E-state index in [0.29, 0.717) is 5.69 Å². The summed E-state index contributed by atoms with van der Waals surface area (Å²) in [5, 5.41) is 8.11. The van der Waals surface area contributed by atoms with Crippen LogP contribution < -0.4 is 4.74 Å². The van der Waals surface area contributed by atoms with Crippen molar-refractivity contribution in [2.45, 2.75) is 13.3 Å². The minimum absolute atomic E-state index is 0.683. The molecule has 0 fully saturated rings. The molecule has 90 valence electrons. The van der Waals surface area contributed by atoms with E-state index < -0.39 is 0 Å². The zero-order valence-corrected chi connectivity index (χ0v) is 10.5. The summed E-state index contributed by atoms with van der Waals surface area (Å²) in [4.78, 5) is 0. The number of ether oxygens (including phenoxy) is 1. The van der Waals surface area contributed by atoms with Crippen LogP contribution in [0.1, 0.15) is 23.9 Å². The highest BCUT2D eigenvalue weighted by Crippen LogP contribution is 2.10. The van der Waals surface area contributed by atoms with E-state index in [2.05, 4.69) is 22.0 Å². The van der Waals surface area contributed by atoms with Crippen LogP contribution in [0.15, 0.2) is 36.4 Å². The van der Waals surface area contributed by atoms with Gasteiger partial charge < -0.3 is 4.74 Å². The number of methoxy groups -OCH3 is 1. The van der Waals surface area contributed by atoms with Crippen LogP contribution in [0.4, 0.5) is 0 Å². The standard InChI is InChI=1S/C15H14N2O/c1-3-13-8-9-14(17-16-13)7-4-12-5-10-15(18-2)11-6-12/h5-6,8-11H,3H2,1-2H3. The summed E-state index contributed by atoms with van der Waals surface area (Å²) in [6.45, 7) is 2.05. The molecule has 18 heavy (non-hydrogen) atoms. The van der Waals surface area contributed by atoms with E-state index in [0.717, 1.165) is 23.4 Å². The van der Waals surface area contributed by atoms with Crippen LogP contribution in [0.3, 0.4) is 0 Å². The Bertz CT molecular complexity index is 511. The van der Waals surface area contributed by atoms with Crippen LogP contribution in [0.25, 0.3) is 0 Å². The van der Waals surface area contributed by atoms with Crippen LogP contribution in [0.5, 0.6) is 5.75 Å². The molecule has 0 spiro atoms. The Labute approximate surface area is 107 Å². The van der Waals surface area contributed by atoms with Crippen LogP contribution in [-0.2, 0) is 6.42 Å². The molecule has 0 atom stereocenters. The first kappa shape index (κ1) is 12.1. The van der Waals surface area contributed by atoms with E-state index >= 15 is 0 Å². The summed E-state index contributed by atoms with van der Waals surface area (Å²) in [6, 6.07) is 11.4. The van der Waals surface area contributed by atoms with Gasteiger partial charge in [0.1, 0.15) is 11.4 Å². The van der Waals surface area contributed by atoms with Gasteiger partial charge in [0, 0.05) is 5.56 Å². The minimum atomic E-state index is 0.683.